The van der Waals surface area contributed by atoms with Gasteiger partial charge in [-0.1, -0.05) is 23.7 Å². The van der Waals surface area contributed by atoms with Crippen LogP contribution >= 0.6 is 11.6 Å². The maximum absolute atomic E-state index is 15.3. The van der Waals surface area contributed by atoms with Gasteiger partial charge in [0.25, 0.3) is 0 Å². The van der Waals surface area contributed by atoms with E-state index in [4.69, 9.17) is 21.1 Å². The zero-order valence-corrected chi connectivity index (χ0v) is 30.3. The molecule has 0 saturated carbocycles. The molecule has 265 valence electrons. The summed E-state index contributed by atoms with van der Waals surface area (Å²) in [6.07, 6.45) is 0.243. The van der Waals surface area contributed by atoms with E-state index in [2.05, 4.69) is 15.5 Å². The number of hydrogen-bond donors (Lipinski definition) is 2. The Morgan fingerprint density at radius 3 is 1.73 bits per heavy atom. The van der Waals surface area contributed by atoms with Crippen molar-refractivity contribution in [1.29, 1.82) is 0 Å². The number of amides is 2. The van der Waals surface area contributed by atoms with Crippen LogP contribution in [-0.2, 0) is 29.5 Å². The van der Waals surface area contributed by atoms with Gasteiger partial charge in [-0.2, -0.15) is 0 Å². The smallest absolute Gasteiger partial charge is 0.410 e. The molecule has 2 heterocycles. The van der Waals surface area contributed by atoms with Gasteiger partial charge in [-0.25, -0.2) is 40.3 Å². The van der Waals surface area contributed by atoms with Crippen molar-refractivity contribution in [3.63, 3.8) is 0 Å². The maximum Gasteiger partial charge on any atom is 0.410 e. The number of halogens is 2. The first-order valence-electron chi connectivity index (χ1n) is 15.7. The Morgan fingerprint density at radius 2 is 1.27 bits per heavy atom. The first-order chi connectivity index (χ1) is 22.1. The molecule has 12 nitrogen and oxygen atoms in total. The van der Waals surface area contributed by atoms with Crippen LogP contribution in [0.3, 0.4) is 0 Å². The van der Waals surface area contributed by atoms with E-state index in [0.717, 1.165) is 6.07 Å². The normalized spacial score (nSPS) is 17.3. The summed E-state index contributed by atoms with van der Waals surface area (Å²) < 4.78 is 85.5. The van der Waals surface area contributed by atoms with Gasteiger partial charge < -0.3 is 19.3 Å². The third-order valence-corrected chi connectivity index (χ3v) is 11.2. The average molecular weight is 730 g/mol. The van der Waals surface area contributed by atoms with E-state index in [0.29, 0.717) is 12.8 Å². The lowest BCUT2D eigenvalue weighted by Gasteiger charge is -2.33. The molecule has 0 aromatic heterocycles. The zero-order chi connectivity index (χ0) is 35.7. The van der Waals surface area contributed by atoms with Crippen molar-refractivity contribution in [3.05, 3.63) is 47.2 Å². The number of carbonyl (C=O) groups is 2. The minimum absolute atomic E-state index is 0.0686. The number of benzene rings is 2. The molecular formula is C32H43ClFN4O8S2. The highest BCUT2D eigenvalue weighted by Gasteiger charge is 2.33. The zero-order valence-electron chi connectivity index (χ0n) is 27.9. The summed E-state index contributed by atoms with van der Waals surface area (Å²) in [4.78, 5) is 26.8. The van der Waals surface area contributed by atoms with Crippen LogP contribution in [0.2, 0.25) is 5.02 Å². The molecule has 0 bridgehead atoms. The van der Waals surface area contributed by atoms with Gasteiger partial charge in [-0.15, -0.1) is 0 Å². The molecule has 0 spiro atoms. The van der Waals surface area contributed by atoms with Gasteiger partial charge in [0.05, 0.1) is 5.02 Å². The molecule has 0 atom stereocenters. The summed E-state index contributed by atoms with van der Waals surface area (Å²) in [5.74, 6) is -1.04. The molecule has 0 aliphatic carbocycles. The van der Waals surface area contributed by atoms with E-state index in [1.165, 1.54) is 34.1 Å². The van der Waals surface area contributed by atoms with Crippen molar-refractivity contribution in [1.82, 2.24) is 19.2 Å². The predicted octanol–water partition coefficient (Wildman–Crippen LogP) is 5.30. The number of likely N-dealkylation sites (tertiary alicyclic amines) is 2. The van der Waals surface area contributed by atoms with Crippen LogP contribution in [0.1, 0.15) is 67.2 Å². The van der Waals surface area contributed by atoms with Crippen LogP contribution in [0.5, 0.6) is 0 Å². The Kier molecular flexibility index (Phi) is 11.4. The van der Waals surface area contributed by atoms with Crippen LogP contribution in [-0.4, -0.2) is 88.3 Å². The largest absolute Gasteiger partial charge is 0.444 e. The van der Waals surface area contributed by atoms with Crippen LogP contribution in [0.15, 0.2) is 40.1 Å². The van der Waals surface area contributed by atoms with E-state index in [-0.39, 0.29) is 60.1 Å². The van der Waals surface area contributed by atoms with E-state index in [1.54, 1.807) is 41.5 Å². The number of ether oxygens (including phenoxy) is 2. The van der Waals surface area contributed by atoms with Crippen molar-refractivity contribution >= 4 is 43.8 Å². The highest BCUT2D eigenvalue weighted by molar-refractivity contribution is 7.90. The number of sulfonamides is 2. The molecule has 2 fully saturated rings. The summed E-state index contributed by atoms with van der Waals surface area (Å²) in [6, 6.07) is 7.71. The van der Waals surface area contributed by atoms with Gasteiger partial charge in [0.2, 0.25) is 20.0 Å². The number of nitrogens with zero attached hydrogens (tertiary/aromatic N) is 2. The van der Waals surface area contributed by atoms with E-state index < -0.39 is 66.2 Å². The van der Waals surface area contributed by atoms with Crippen molar-refractivity contribution in [3.8, 4) is 11.1 Å². The summed E-state index contributed by atoms with van der Waals surface area (Å²) in [5.41, 5.74) is -1.44. The highest BCUT2D eigenvalue weighted by atomic mass is 35.5. The third kappa shape index (κ3) is 9.80. The molecular weight excluding hydrogens is 687 g/mol. The van der Waals surface area contributed by atoms with Gasteiger partial charge in [0, 0.05) is 43.8 Å². The second-order valence-electron chi connectivity index (χ2n) is 13.9. The Hall–Kier alpha value is -2.98. The molecule has 2 aliphatic rings. The van der Waals surface area contributed by atoms with Gasteiger partial charge in [-0.05, 0) is 97.1 Å². The minimum atomic E-state index is -4.47. The molecule has 1 radical (unpaired) electrons. The fraction of sp³-hybridized carbons (Fsp3) is 0.562. The lowest BCUT2D eigenvalue weighted by Crippen LogP contribution is -2.47. The van der Waals surface area contributed by atoms with Crippen molar-refractivity contribution in [2.24, 2.45) is 0 Å². The predicted molar refractivity (Wildman–Crippen MR) is 178 cm³/mol. The lowest BCUT2D eigenvalue weighted by atomic mass is 10.1. The maximum atomic E-state index is 15.3. The molecule has 2 saturated heterocycles. The topological polar surface area (TPSA) is 151 Å². The van der Waals surface area contributed by atoms with Crippen LogP contribution < -0.4 is 9.44 Å². The fourth-order valence-corrected chi connectivity index (χ4v) is 8.77. The Bertz CT molecular complexity index is 1730. The van der Waals surface area contributed by atoms with Gasteiger partial charge >= 0.3 is 12.2 Å². The van der Waals surface area contributed by atoms with Gasteiger partial charge in [0.15, 0.2) is 0 Å². The molecule has 0 unspecified atom stereocenters. The highest BCUT2D eigenvalue weighted by Crippen LogP contribution is 2.34. The van der Waals surface area contributed by atoms with Crippen LogP contribution in [0.4, 0.5) is 14.0 Å². The van der Waals surface area contributed by atoms with Crippen LogP contribution in [0.25, 0.3) is 11.1 Å². The molecule has 2 aliphatic heterocycles. The third-order valence-electron chi connectivity index (χ3n) is 7.62. The summed E-state index contributed by atoms with van der Waals surface area (Å²) >= 11 is 6.33. The average Bonchev–Trinajstić information content (AvgIpc) is 2.95. The minimum Gasteiger partial charge on any atom is -0.444 e. The Balaban J connectivity index is 1.50. The lowest BCUT2D eigenvalue weighted by molar-refractivity contribution is 0.0192. The Labute approximate surface area is 287 Å². The Morgan fingerprint density at radius 1 is 0.812 bits per heavy atom. The second kappa shape index (κ2) is 14.5. The number of rotatable bonds is 7. The van der Waals surface area contributed by atoms with Gasteiger partial charge in [-0.3, -0.25) is 0 Å². The van der Waals surface area contributed by atoms with E-state index in [9.17, 15) is 26.4 Å². The molecule has 2 aromatic carbocycles. The molecule has 48 heavy (non-hydrogen) atoms. The molecule has 4 rings (SSSR count). The first-order valence-corrected chi connectivity index (χ1v) is 19.0. The quantitative estimate of drug-likeness (QED) is 0.390. The van der Waals surface area contributed by atoms with E-state index in [1.807, 2.05) is 0 Å². The first kappa shape index (κ1) is 37.8. The van der Waals surface area contributed by atoms with Crippen molar-refractivity contribution in [2.75, 3.05) is 26.2 Å². The second-order valence-corrected chi connectivity index (χ2v) is 17.6. The van der Waals surface area contributed by atoms with Crippen molar-refractivity contribution < 1.29 is 40.3 Å². The molecule has 2 N–H and O–H groups in total. The molecule has 16 heteroatoms. The summed E-state index contributed by atoms with van der Waals surface area (Å²) in [6.45, 7) is 11.6. The number of piperidine rings is 2. The standard InChI is InChI=1S/C32H43ClFN4O8S2/c1-31(2,3)45-29(39)37-16-12-22(13-17-37)35-47(41,42)27-20-21(10-11-25(27)33)24-8-7-9-26(34)28(24)48(43,44)36-23-14-18-38(19-15-23)30(40)46-32(4,5)6/h7,9-11,20,22-23,35-36H,12-19H2,1-6H3. The molecule has 2 amide bonds. The summed E-state index contributed by atoms with van der Waals surface area (Å²) in [5, 5.41) is -0.117. The number of carbonyl (C=O) groups excluding carboxylic acids is 2. The number of nitrogens with one attached hydrogen (secondary N) is 2. The molecule has 2 aromatic rings. The number of hydrogen-bond acceptors (Lipinski definition) is 8. The van der Waals surface area contributed by atoms with E-state index >= 15 is 4.39 Å². The SMILES string of the molecule is CC(C)(C)OC(=O)N1CCC(NS(=O)(=O)c2cc(-c3[c]ccc(F)c3S(=O)(=O)NC3CCN(C(=O)OC(C)(C)C)CC3)ccc2Cl)CC1. The van der Waals surface area contributed by atoms with Gasteiger partial charge in [0.1, 0.15) is 26.8 Å². The summed E-state index contributed by atoms with van der Waals surface area (Å²) in [7, 11) is -8.70. The van der Waals surface area contributed by atoms with Crippen molar-refractivity contribution in [2.45, 2.75) is 100 Å². The van der Waals surface area contributed by atoms with Crippen LogP contribution in [0, 0.1) is 11.9 Å². The fourth-order valence-electron chi connectivity index (χ4n) is 5.37. The monoisotopic (exact) mass is 729 g/mol.